The summed E-state index contributed by atoms with van der Waals surface area (Å²) in [7, 11) is -1.48. The molecule has 0 saturated heterocycles. The molecule has 0 saturated carbocycles. The molecule has 0 aliphatic carbocycles. The number of hydrogen-bond acceptors (Lipinski definition) is 3. The van der Waals surface area contributed by atoms with Gasteiger partial charge in [0.25, 0.3) is 0 Å². The second kappa shape index (κ2) is 36.5. The van der Waals surface area contributed by atoms with Crippen molar-refractivity contribution in [2.24, 2.45) is 0 Å². The molecule has 2 nitrogen and oxygen atoms in total. The largest absolute Gasteiger partial charge is 0.397 e. The quantitative estimate of drug-likeness (QED) is 0.0452. The molecule has 0 radical (unpaired) electrons. The Labute approximate surface area is 255 Å². The van der Waals surface area contributed by atoms with E-state index in [2.05, 4.69) is 26.5 Å². The van der Waals surface area contributed by atoms with E-state index in [1.165, 1.54) is 180 Å². The molecule has 39 heavy (non-hydrogen) atoms. The maximum atomic E-state index is 6.25. The zero-order valence-corrected chi connectivity index (χ0v) is 29.2. The molecule has 0 aromatic heterocycles. The minimum absolute atomic E-state index is 0.917. The predicted octanol–water partition coefficient (Wildman–Crippen LogP) is 12.5. The van der Waals surface area contributed by atoms with E-state index in [1.807, 2.05) is 0 Å². The Kier molecular flexibility index (Phi) is 37.0. The maximum Gasteiger partial charge on any atom is 0.321 e. The summed E-state index contributed by atoms with van der Waals surface area (Å²) in [6, 6.07) is 1.13. The Morgan fingerprint density at radius 1 is 0.359 bits per heavy atom. The Hall–Kier alpha value is 0.487. The van der Waals surface area contributed by atoms with Crippen molar-refractivity contribution in [3.8, 4) is 0 Å². The van der Waals surface area contributed by atoms with E-state index in [0.29, 0.717) is 0 Å². The lowest BCUT2D eigenvalue weighted by atomic mass is 10.0. The minimum Gasteiger partial charge on any atom is -0.397 e. The zero-order valence-electron chi connectivity index (χ0n) is 27.2. The molecule has 0 N–H and O–H groups in total. The normalized spacial score (nSPS) is 11.7. The second-order valence-electron chi connectivity index (χ2n) is 12.2. The molecule has 236 valence electrons. The van der Waals surface area contributed by atoms with Gasteiger partial charge in [0.2, 0.25) is 0 Å². The van der Waals surface area contributed by atoms with Crippen LogP contribution in [0.15, 0.2) is 0 Å². The summed E-state index contributed by atoms with van der Waals surface area (Å²) in [4.78, 5) is 0. The van der Waals surface area contributed by atoms with Crippen molar-refractivity contribution >= 4 is 21.9 Å². The molecule has 0 aromatic rings. The number of rotatable bonds is 35. The fourth-order valence-electron chi connectivity index (χ4n) is 5.50. The fourth-order valence-corrected chi connectivity index (χ4v) is 7.85. The third kappa shape index (κ3) is 34.6. The molecule has 0 heterocycles. The van der Waals surface area contributed by atoms with Crippen molar-refractivity contribution in [1.29, 1.82) is 0 Å². The molecule has 0 atom stereocenters. The highest BCUT2D eigenvalue weighted by atomic mass is 32.1. The van der Waals surface area contributed by atoms with Crippen molar-refractivity contribution in [2.75, 3.05) is 19.0 Å². The van der Waals surface area contributed by atoms with Crippen LogP contribution in [0.2, 0.25) is 6.04 Å². The van der Waals surface area contributed by atoms with Gasteiger partial charge < -0.3 is 8.85 Å². The summed E-state index contributed by atoms with van der Waals surface area (Å²) in [5.74, 6) is 0.952. The van der Waals surface area contributed by atoms with E-state index in [4.69, 9.17) is 8.85 Å². The van der Waals surface area contributed by atoms with E-state index < -0.39 is 9.28 Å². The molecule has 0 rings (SSSR count). The van der Waals surface area contributed by atoms with Crippen LogP contribution in [0.4, 0.5) is 0 Å². The molecule has 0 unspecified atom stereocenters. The first-order chi connectivity index (χ1) is 19.3. The zero-order chi connectivity index (χ0) is 28.3. The fraction of sp³-hybridized carbons (Fsp3) is 1.00. The van der Waals surface area contributed by atoms with Gasteiger partial charge in [-0.15, -0.1) is 0 Å². The highest BCUT2D eigenvalue weighted by Gasteiger charge is 2.12. The molecular formula is C35H74O2SSi. The van der Waals surface area contributed by atoms with Gasteiger partial charge in [-0.05, 0) is 31.1 Å². The van der Waals surface area contributed by atoms with E-state index >= 15 is 0 Å². The van der Waals surface area contributed by atoms with Crippen LogP contribution < -0.4 is 0 Å². The average molecular weight is 587 g/mol. The lowest BCUT2D eigenvalue weighted by molar-refractivity contribution is 0.189. The molecule has 0 fully saturated rings. The predicted molar refractivity (Wildman–Crippen MR) is 183 cm³/mol. The monoisotopic (exact) mass is 587 g/mol. The van der Waals surface area contributed by atoms with Gasteiger partial charge in [-0.25, -0.2) is 0 Å². The van der Waals surface area contributed by atoms with Crippen LogP contribution in [-0.4, -0.2) is 28.3 Å². The number of thiol groups is 1. The third-order valence-electron chi connectivity index (χ3n) is 8.20. The first-order valence-electron chi connectivity index (χ1n) is 18.2. The van der Waals surface area contributed by atoms with Gasteiger partial charge in [-0.2, -0.15) is 12.6 Å². The van der Waals surface area contributed by atoms with Crippen molar-refractivity contribution in [1.82, 2.24) is 0 Å². The molecular weight excluding hydrogens is 513 g/mol. The van der Waals surface area contributed by atoms with Crippen LogP contribution >= 0.6 is 12.6 Å². The number of hydrogen-bond donors (Lipinski definition) is 1. The summed E-state index contributed by atoms with van der Waals surface area (Å²) < 4.78 is 12.5. The summed E-state index contributed by atoms with van der Waals surface area (Å²) in [5.41, 5.74) is 0. The van der Waals surface area contributed by atoms with E-state index in [-0.39, 0.29) is 0 Å². The van der Waals surface area contributed by atoms with Crippen molar-refractivity contribution in [3.05, 3.63) is 0 Å². The summed E-state index contributed by atoms with van der Waals surface area (Å²) in [6.45, 7) is 6.43. The Bertz CT molecular complexity index is 389. The third-order valence-corrected chi connectivity index (χ3v) is 10.6. The Balaban J connectivity index is 3.45. The van der Waals surface area contributed by atoms with Gasteiger partial charge >= 0.3 is 9.28 Å². The lowest BCUT2D eigenvalue weighted by Crippen LogP contribution is -2.24. The van der Waals surface area contributed by atoms with Crippen LogP contribution in [0.3, 0.4) is 0 Å². The topological polar surface area (TPSA) is 18.5 Å². The highest BCUT2D eigenvalue weighted by molar-refractivity contribution is 7.80. The van der Waals surface area contributed by atoms with E-state index in [0.717, 1.165) is 31.4 Å². The molecule has 0 bridgehead atoms. The standard InChI is InChI=1S/C35H74O2SSi/c1-3-5-7-9-11-13-15-17-19-21-23-25-27-29-32-36-39(35-31-34-38)37-33-30-28-26-24-22-20-18-16-14-12-10-8-6-4-2/h38-39H,3-35H2,1-2H3. The van der Waals surface area contributed by atoms with Crippen LogP contribution in [0.5, 0.6) is 0 Å². The molecule has 0 spiro atoms. The van der Waals surface area contributed by atoms with E-state index in [9.17, 15) is 0 Å². The van der Waals surface area contributed by atoms with Gasteiger partial charge in [0.05, 0.1) is 0 Å². The van der Waals surface area contributed by atoms with Crippen molar-refractivity contribution in [2.45, 2.75) is 206 Å². The SMILES string of the molecule is CCCCCCCCCCCCCCCCO[SiH](CCCS)OCCCCCCCCCCCCCCCC. The molecule has 0 aliphatic heterocycles. The van der Waals surface area contributed by atoms with Crippen LogP contribution in [-0.2, 0) is 8.85 Å². The van der Waals surface area contributed by atoms with Crippen molar-refractivity contribution in [3.63, 3.8) is 0 Å². The Morgan fingerprint density at radius 2 is 0.615 bits per heavy atom. The number of unbranched alkanes of at least 4 members (excludes halogenated alkanes) is 26. The van der Waals surface area contributed by atoms with Gasteiger partial charge in [0, 0.05) is 13.2 Å². The summed E-state index contributed by atoms with van der Waals surface area (Å²) in [5, 5.41) is 0. The molecule has 4 heteroatoms. The van der Waals surface area contributed by atoms with Crippen LogP contribution in [0.25, 0.3) is 0 Å². The maximum absolute atomic E-state index is 6.25. The summed E-state index contributed by atoms with van der Waals surface area (Å²) >= 11 is 4.41. The minimum atomic E-state index is -1.48. The van der Waals surface area contributed by atoms with Gasteiger partial charge in [-0.3, -0.25) is 0 Å². The summed E-state index contributed by atoms with van der Waals surface area (Å²) in [6.07, 6.45) is 40.6. The van der Waals surface area contributed by atoms with Crippen molar-refractivity contribution < 1.29 is 8.85 Å². The Morgan fingerprint density at radius 3 is 0.872 bits per heavy atom. The molecule has 0 aliphatic rings. The van der Waals surface area contributed by atoms with Crippen LogP contribution in [0.1, 0.15) is 200 Å². The van der Waals surface area contributed by atoms with E-state index in [1.54, 1.807) is 0 Å². The lowest BCUT2D eigenvalue weighted by Gasteiger charge is -2.16. The average Bonchev–Trinajstić information content (AvgIpc) is 2.95. The van der Waals surface area contributed by atoms with Gasteiger partial charge in [0.1, 0.15) is 0 Å². The molecule has 0 aromatic carbocycles. The first kappa shape index (κ1) is 39.5. The molecule has 0 amide bonds. The van der Waals surface area contributed by atoms with Gasteiger partial charge in [-0.1, -0.05) is 181 Å². The second-order valence-corrected chi connectivity index (χ2v) is 14.8. The van der Waals surface area contributed by atoms with Crippen LogP contribution in [0, 0.1) is 0 Å². The van der Waals surface area contributed by atoms with Gasteiger partial charge in [0.15, 0.2) is 0 Å². The highest BCUT2D eigenvalue weighted by Crippen LogP contribution is 2.15. The first-order valence-corrected chi connectivity index (χ1v) is 20.6. The smallest absolute Gasteiger partial charge is 0.321 e.